The lowest BCUT2D eigenvalue weighted by molar-refractivity contribution is -0.137. The fraction of sp³-hybridized carbons (Fsp3) is 0.308. The van der Waals surface area contributed by atoms with Crippen molar-refractivity contribution in [2.45, 2.75) is 19.8 Å². The number of carbonyl (C=O) groups excluding carboxylic acids is 2. The Morgan fingerprint density at radius 3 is 2.33 bits per heavy atom. The zero-order valence-electron chi connectivity index (χ0n) is 10.1. The highest BCUT2D eigenvalue weighted by Gasteiger charge is 2.13. The second-order valence-corrected chi connectivity index (χ2v) is 3.85. The van der Waals surface area contributed by atoms with Gasteiger partial charge in [-0.3, -0.25) is 14.4 Å². The molecular formula is C13H15NO4. The van der Waals surface area contributed by atoms with Crippen LogP contribution in [0.5, 0.6) is 0 Å². The van der Waals surface area contributed by atoms with Gasteiger partial charge in [0.1, 0.15) is 0 Å². The fourth-order valence-electron chi connectivity index (χ4n) is 1.52. The number of benzene rings is 1. The van der Waals surface area contributed by atoms with Crippen molar-refractivity contribution in [2.24, 2.45) is 0 Å². The summed E-state index contributed by atoms with van der Waals surface area (Å²) in [6.45, 7) is 1.67. The SMILES string of the molecule is CC(=O)c1ccccc1C(=O)NCCCC(=O)O. The van der Waals surface area contributed by atoms with Crippen molar-refractivity contribution in [2.75, 3.05) is 6.54 Å². The first-order valence-corrected chi connectivity index (χ1v) is 5.62. The summed E-state index contributed by atoms with van der Waals surface area (Å²) in [5.41, 5.74) is 0.688. The molecule has 0 aliphatic carbocycles. The first-order valence-electron chi connectivity index (χ1n) is 5.62. The van der Waals surface area contributed by atoms with E-state index in [9.17, 15) is 14.4 Å². The molecular weight excluding hydrogens is 234 g/mol. The molecule has 18 heavy (non-hydrogen) atoms. The smallest absolute Gasteiger partial charge is 0.303 e. The molecule has 96 valence electrons. The summed E-state index contributed by atoms with van der Waals surface area (Å²) in [6, 6.07) is 6.54. The lowest BCUT2D eigenvalue weighted by Gasteiger charge is -2.07. The van der Waals surface area contributed by atoms with Crippen molar-refractivity contribution in [1.29, 1.82) is 0 Å². The van der Waals surface area contributed by atoms with Gasteiger partial charge in [-0.15, -0.1) is 0 Å². The monoisotopic (exact) mass is 249 g/mol. The van der Waals surface area contributed by atoms with E-state index in [0.29, 0.717) is 17.5 Å². The van der Waals surface area contributed by atoms with Gasteiger partial charge in [0.15, 0.2) is 5.78 Å². The van der Waals surface area contributed by atoms with E-state index in [4.69, 9.17) is 5.11 Å². The Morgan fingerprint density at radius 1 is 1.17 bits per heavy atom. The molecule has 2 N–H and O–H groups in total. The van der Waals surface area contributed by atoms with Crippen LogP contribution in [0, 0.1) is 0 Å². The number of hydrogen-bond acceptors (Lipinski definition) is 3. The molecule has 0 saturated carbocycles. The van der Waals surface area contributed by atoms with Gasteiger partial charge in [0, 0.05) is 18.5 Å². The lowest BCUT2D eigenvalue weighted by Crippen LogP contribution is -2.26. The summed E-state index contributed by atoms with van der Waals surface area (Å²) in [5, 5.41) is 11.1. The zero-order chi connectivity index (χ0) is 13.5. The van der Waals surface area contributed by atoms with Gasteiger partial charge in [-0.05, 0) is 19.4 Å². The number of aliphatic carboxylic acids is 1. The van der Waals surface area contributed by atoms with Crippen molar-refractivity contribution in [3.05, 3.63) is 35.4 Å². The maximum absolute atomic E-state index is 11.8. The Labute approximate surface area is 105 Å². The molecule has 0 radical (unpaired) electrons. The van der Waals surface area contributed by atoms with Crippen LogP contribution in [0.25, 0.3) is 0 Å². The molecule has 0 unspecified atom stereocenters. The fourth-order valence-corrected chi connectivity index (χ4v) is 1.52. The molecule has 0 heterocycles. The number of rotatable bonds is 6. The van der Waals surface area contributed by atoms with Gasteiger partial charge in [0.2, 0.25) is 0 Å². The van der Waals surface area contributed by atoms with Gasteiger partial charge in [-0.2, -0.15) is 0 Å². The predicted octanol–water partition coefficient (Wildman–Crippen LogP) is 1.48. The minimum Gasteiger partial charge on any atom is -0.481 e. The van der Waals surface area contributed by atoms with Crippen LogP contribution in [0.2, 0.25) is 0 Å². The van der Waals surface area contributed by atoms with Crippen molar-refractivity contribution in [1.82, 2.24) is 5.32 Å². The van der Waals surface area contributed by atoms with Gasteiger partial charge >= 0.3 is 5.97 Å². The Bertz CT molecular complexity index is 468. The average Bonchev–Trinajstić information content (AvgIpc) is 2.34. The molecule has 0 spiro atoms. The largest absolute Gasteiger partial charge is 0.481 e. The Hall–Kier alpha value is -2.17. The maximum atomic E-state index is 11.8. The second kappa shape index (κ2) is 6.54. The summed E-state index contributed by atoms with van der Waals surface area (Å²) < 4.78 is 0. The molecule has 0 aliphatic heterocycles. The Balaban J connectivity index is 2.61. The molecule has 0 saturated heterocycles. The number of nitrogens with one attached hydrogen (secondary N) is 1. The molecule has 0 fully saturated rings. The number of Topliss-reactive ketones (excluding diaryl/α,β-unsaturated/α-hetero) is 1. The number of carboxylic acid groups (broad SMARTS) is 1. The number of amides is 1. The van der Waals surface area contributed by atoms with Crippen LogP contribution in [0.1, 0.15) is 40.5 Å². The molecule has 5 heteroatoms. The van der Waals surface area contributed by atoms with E-state index in [-0.39, 0.29) is 24.7 Å². The summed E-state index contributed by atoms with van der Waals surface area (Å²) >= 11 is 0. The molecule has 0 atom stereocenters. The molecule has 0 aromatic heterocycles. The summed E-state index contributed by atoms with van der Waals surface area (Å²) in [4.78, 5) is 33.4. The summed E-state index contributed by atoms with van der Waals surface area (Å²) in [7, 11) is 0. The minimum atomic E-state index is -0.895. The summed E-state index contributed by atoms with van der Waals surface area (Å²) in [5.74, 6) is -1.43. The topological polar surface area (TPSA) is 83.5 Å². The van der Waals surface area contributed by atoms with E-state index < -0.39 is 5.97 Å². The molecule has 1 rings (SSSR count). The van der Waals surface area contributed by atoms with E-state index >= 15 is 0 Å². The van der Waals surface area contributed by atoms with Crippen LogP contribution in [-0.4, -0.2) is 29.3 Å². The van der Waals surface area contributed by atoms with Gasteiger partial charge < -0.3 is 10.4 Å². The maximum Gasteiger partial charge on any atom is 0.303 e. The summed E-state index contributed by atoms with van der Waals surface area (Å²) in [6.07, 6.45) is 0.373. The quantitative estimate of drug-likeness (QED) is 0.591. The van der Waals surface area contributed by atoms with Crippen LogP contribution in [-0.2, 0) is 4.79 Å². The first kappa shape index (κ1) is 13.9. The van der Waals surface area contributed by atoms with Crippen molar-refractivity contribution < 1.29 is 19.5 Å². The molecule has 0 aliphatic rings. The lowest BCUT2D eigenvalue weighted by atomic mass is 10.0. The Kier molecular flexibility index (Phi) is 5.05. The van der Waals surface area contributed by atoms with E-state index in [1.165, 1.54) is 6.92 Å². The molecule has 1 aromatic carbocycles. The van der Waals surface area contributed by atoms with Crippen LogP contribution >= 0.6 is 0 Å². The number of carboxylic acids is 1. The van der Waals surface area contributed by atoms with Gasteiger partial charge in [0.05, 0.1) is 5.56 Å². The zero-order valence-corrected chi connectivity index (χ0v) is 10.1. The third-order valence-electron chi connectivity index (χ3n) is 2.40. The Morgan fingerprint density at radius 2 is 1.78 bits per heavy atom. The molecule has 1 aromatic rings. The van der Waals surface area contributed by atoms with Crippen molar-refractivity contribution in [3.8, 4) is 0 Å². The number of ketones is 1. The van der Waals surface area contributed by atoms with E-state index in [2.05, 4.69) is 5.32 Å². The highest BCUT2D eigenvalue weighted by molar-refractivity contribution is 6.07. The van der Waals surface area contributed by atoms with Gasteiger partial charge in [0.25, 0.3) is 5.91 Å². The van der Waals surface area contributed by atoms with Crippen LogP contribution < -0.4 is 5.32 Å². The number of hydrogen-bond donors (Lipinski definition) is 2. The van der Waals surface area contributed by atoms with Crippen molar-refractivity contribution >= 4 is 17.7 Å². The first-order chi connectivity index (χ1) is 8.52. The third kappa shape index (κ3) is 4.01. The predicted molar refractivity (Wildman–Crippen MR) is 65.6 cm³/mol. The van der Waals surface area contributed by atoms with Gasteiger partial charge in [-0.25, -0.2) is 0 Å². The highest BCUT2D eigenvalue weighted by Crippen LogP contribution is 2.09. The van der Waals surface area contributed by atoms with Crippen molar-refractivity contribution in [3.63, 3.8) is 0 Å². The molecule has 0 bridgehead atoms. The minimum absolute atomic E-state index is 0.00857. The average molecular weight is 249 g/mol. The van der Waals surface area contributed by atoms with E-state index in [1.54, 1.807) is 24.3 Å². The standard InChI is InChI=1S/C13H15NO4/c1-9(15)10-5-2-3-6-11(10)13(18)14-8-4-7-12(16)17/h2-3,5-6H,4,7-8H2,1H3,(H,14,18)(H,16,17). The normalized spacial score (nSPS) is 9.83. The van der Waals surface area contributed by atoms with Gasteiger partial charge in [-0.1, -0.05) is 18.2 Å². The molecule has 1 amide bonds. The highest BCUT2D eigenvalue weighted by atomic mass is 16.4. The number of carbonyl (C=O) groups is 3. The third-order valence-corrected chi connectivity index (χ3v) is 2.40. The molecule has 5 nitrogen and oxygen atoms in total. The van der Waals surface area contributed by atoms with Crippen LogP contribution in [0.4, 0.5) is 0 Å². The van der Waals surface area contributed by atoms with E-state index in [0.717, 1.165) is 0 Å². The second-order valence-electron chi connectivity index (χ2n) is 3.85. The van der Waals surface area contributed by atoms with Crippen LogP contribution in [0.15, 0.2) is 24.3 Å². The van der Waals surface area contributed by atoms with Crippen LogP contribution in [0.3, 0.4) is 0 Å². The van der Waals surface area contributed by atoms with E-state index in [1.807, 2.05) is 0 Å².